The average molecular weight is 417 g/mol. The lowest BCUT2D eigenvalue weighted by Gasteiger charge is -2.28. The number of para-hydroxylation sites is 1. The van der Waals surface area contributed by atoms with Gasteiger partial charge in [0, 0.05) is 36.2 Å². The topological polar surface area (TPSA) is 94.5 Å². The zero-order valence-electron chi connectivity index (χ0n) is 16.6. The SMILES string of the molecule is O=c1cc(N2CCOCC2)[nH]c2c(-c3cn(-c4ccc5c(c4)OCO5)nn3)cccc12. The first-order chi connectivity index (χ1) is 15.3. The van der Waals surface area contributed by atoms with Gasteiger partial charge < -0.3 is 24.1 Å². The molecule has 1 fully saturated rings. The van der Waals surface area contributed by atoms with Gasteiger partial charge in [0.25, 0.3) is 0 Å². The number of ether oxygens (including phenoxy) is 3. The van der Waals surface area contributed by atoms with Crippen molar-refractivity contribution in [3.8, 4) is 28.4 Å². The van der Waals surface area contributed by atoms with E-state index < -0.39 is 0 Å². The molecule has 9 nitrogen and oxygen atoms in total. The van der Waals surface area contributed by atoms with Gasteiger partial charge in [0.1, 0.15) is 11.5 Å². The van der Waals surface area contributed by atoms with Gasteiger partial charge in [-0.1, -0.05) is 17.3 Å². The number of H-pyrrole nitrogens is 1. The van der Waals surface area contributed by atoms with Crippen LogP contribution in [0.1, 0.15) is 0 Å². The van der Waals surface area contributed by atoms with Crippen molar-refractivity contribution < 1.29 is 14.2 Å². The third-order valence-corrected chi connectivity index (χ3v) is 5.59. The summed E-state index contributed by atoms with van der Waals surface area (Å²) in [6, 6.07) is 12.9. The number of fused-ring (bicyclic) bond motifs is 2. The second kappa shape index (κ2) is 7.13. The molecule has 0 unspecified atom stereocenters. The van der Waals surface area contributed by atoms with Crippen molar-refractivity contribution in [2.45, 2.75) is 0 Å². The number of aromatic nitrogens is 4. The fourth-order valence-electron chi connectivity index (χ4n) is 3.99. The minimum Gasteiger partial charge on any atom is -0.454 e. The molecule has 0 aliphatic carbocycles. The van der Waals surface area contributed by atoms with E-state index in [2.05, 4.69) is 20.2 Å². The summed E-state index contributed by atoms with van der Waals surface area (Å²) >= 11 is 0. The number of anilines is 1. The average Bonchev–Trinajstić information content (AvgIpc) is 3.48. The Balaban J connectivity index is 1.43. The second-order valence-electron chi connectivity index (χ2n) is 7.43. The predicted octanol–water partition coefficient (Wildman–Crippen LogP) is 2.34. The van der Waals surface area contributed by atoms with Gasteiger partial charge in [-0.2, -0.15) is 0 Å². The highest BCUT2D eigenvalue weighted by Gasteiger charge is 2.18. The molecule has 0 bridgehead atoms. The summed E-state index contributed by atoms with van der Waals surface area (Å²) in [7, 11) is 0. The molecule has 31 heavy (non-hydrogen) atoms. The number of nitrogens with zero attached hydrogens (tertiary/aromatic N) is 4. The Morgan fingerprint density at radius 3 is 2.77 bits per heavy atom. The van der Waals surface area contributed by atoms with E-state index >= 15 is 0 Å². The maximum atomic E-state index is 12.8. The van der Waals surface area contributed by atoms with Crippen molar-refractivity contribution >= 4 is 16.7 Å². The first-order valence-corrected chi connectivity index (χ1v) is 10.1. The Bertz CT molecular complexity index is 1340. The first kappa shape index (κ1) is 18.0. The van der Waals surface area contributed by atoms with Crippen molar-refractivity contribution in [1.82, 2.24) is 20.0 Å². The summed E-state index contributed by atoms with van der Waals surface area (Å²) < 4.78 is 17.9. The van der Waals surface area contributed by atoms with E-state index in [0.29, 0.717) is 35.8 Å². The molecule has 2 aliphatic rings. The molecule has 0 amide bonds. The first-order valence-electron chi connectivity index (χ1n) is 10.1. The molecular weight excluding hydrogens is 398 g/mol. The van der Waals surface area contributed by atoms with Gasteiger partial charge in [-0.15, -0.1) is 5.10 Å². The highest BCUT2D eigenvalue weighted by atomic mass is 16.7. The van der Waals surface area contributed by atoms with Crippen molar-refractivity contribution in [2.75, 3.05) is 38.0 Å². The molecule has 6 rings (SSSR count). The Kier molecular flexibility index (Phi) is 4.13. The number of pyridine rings is 1. The van der Waals surface area contributed by atoms with E-state index in [1.165, 1.54) is 0 Å². The molecule has 9 heteroatoms. The molecule has 0 saturated carbocycles. The van der Waals surface area contributed by atoms with Crippen LogP contribution in [-0.4, -0.2) is 53.1 Å². The number of hydrogen-bond donors (Lipinski definition) is 1. The molecule has 0 radical (unpaired) electrons. The van der Waals surface area contributed by atoms with Gasteiger partial charge in [-0.25, -0.2) is 4.68 Å². The maximum absolute atomic E-state index is 12.8. The smallest absolute Gasteiger partial charge is 0.231 e. The number of rotatable bonds is 3. The van der Waals surface area contributed by atoms with E-state index in [1.54, 1.807) is 10.7 Å². The monoisotopic (exact) mass is 417 g/mol. The minimum absolute atomic E-state index is 0.0275. The Hall–Kier alpha value is -3.85. The molecule has 156 valence electrons. The van der Waals surface area contributed by atoms with Crippen LogP contribution in [0.4, 0.5) is 5.82 Å². The van der Waals surface area contributed by atoms with E-state index in [4.69, 9.17) is 14.2 Å². The van der Waals surface area contributed by atoms with Crippen LogP contribution in [0.5, 0.6) is 11.5 Å². The van der Waals surface area contributed by atoms with Crippen LogP contribution >= 0.6 is 0 Å². The summed E-state index contributed by atoms with van der Waals surface area (Å²) in [6.45, 7) is 2.99. The van der Waals surface area contributed by atoms with E-state index in [0.717, 1.165) is 35.7 Å². The van der Waals surface area contributed by atoms with Crippen molar-refractivity contribution in [3.63, 3.8) is 0 Å². The number of aromatic amines is 1. The molecule has 0 spiro atoms. The number of nitrogens with one attached hydrogen (secondary N) is 1. The Morgan fingerprint density at radius 2 is 1.87 bits per heavy atom. The standard InChI is InChI=1S/C22H19N5O4/c28-18-11-21(26-6-8-29-9-7-26)23-22-15(2-1-3-16(18)22)17-12-27(25-24-17)14-4-5-19-20(10-14)31-13-30-19/h1-5,10-12H,6-9,13H2,(H,23,28). The fraction of sp³-hybridized carbons (Fsp3) is 0.227. The van der Waals surface area contributed by atoms with E-state index in [1.807, 2.05) is 42.6 Å². The maximum Gasteiger partial charge on any atom is 0.231 e. The Morgan fingerprint density at radius 1 is 1.00 bits per heavy atom. The summed E-state index contributed by atoms with van der Waals surface area (Å²) in [6.07, 6.45) is 1.84. The van der Waals surface area contributed by atoms with Crippen LogP contribution in [0.3, 0.4) is 0 Å². The third-order valence-electron chi connectivity index (χ3n) is 5.59. The summed E-state index contributed by atoms with van der Waals surface area (Å²) in [5.74, 6) is 2.18. The zero-order chi connectivity index (χ0) is 20.8. The highest BCUT2D eigenvalue weighted by molar-refractivity contribution is 5.93. The van der Waals surface area contributed by atoms with Gasteiger partial charge in [-0.05, 0) is 18.2 Å². The number of hydrogen-bond acceptors (Lipinski definition) is 7. The van der Waals surface area contributed by atoms with Gasteiger partial charge in [0.05, 0.1) is 30.6 Å². The van der Waals surface area contributed by atoms with Crippen molar-refractivity contribution in [2.24, 2.45) is 0 Å². The van der Waals surface area contributed by atoms with E-state index in [9.17, 15) is 4.79 Å². The molecule has 2 aromatic carbocycles. The van der Waals surface area contributed by atoms with Gasteiger partial charge in [0.15, 0.2) is 16.9 Å². The summed E-state index contributed by atoms with van der Waals surface area (Å²) in [4.78, 5) is 18.4. The predicted molar refractivity (Wildman–Crippen MR) is 114 cm³/mol. The lowest BCUT2D eigenvalue weighted by atomic mass is 10.1. The minimum atomic E-state index is -0.0275. The number of benzene rings is 2. The molecule has 2 aromatic heterocycles. The van der Waals surface area contributed by atoms with Gasteiger partial charge in [-0.3, -0.25) is 4.79 Å². The molecule has 4 aromatic rings. The van der Waals surface area contributed by atoms with E-state index in [-0.39, 0.29) is 12.2 Å². The molecule has 0 atom stereocenters. The molecular formula is C22H19N5O4. The third kappa shape index (κ3) is 3.10. The van der Waals surface area contributed by atoms with Gasteiger partial charge in [0.2, 0.25) is 6.79 Å². The second-order valence-corrected chi connectivity index (χ2v) is 7.43. The summed E-state index contributed by atoms with van der Waals surface area (Å²) in [5.41, 5.74) is 3.01. The Labute approximate surface area is 176 Å². The lowest BCUT2D eigenvalue weighted by molar-refractivity contribution is 0.122. The van der Waals surface area contributed by atoms with Crippen molar-refractivity contribution in [1.29, 1.82) is 0 Å². The fourth-order valence-corrected chi connectivity index (χ4v) is 3.99. The quantitative estimate of drug-likeness (QED) is 0.547. The van der Waals surface area contributed by atoms with Crippen LogP contribution in [0.2, 0.25) is 0 Å². The van der Waals surface area contributed by atoms with Gasteiger partial charge >= 0.3 is 0 Å². The number of morpholine rings is 1. The molecule has 4 heterocycles. The normalized spacial score (nSPS) is 15.5. The van der Waals surface area contributed by atoms with Crippen LogP contribution in [0.15, 0.2) is 53.5 Å². The van der Waals surface area contributed by atoms with Crippen LogP contribution in [-0.2, 0) is 4.74 Å². The van der Waals surface area contributed by atoms with Crippen LogP contribution in [0, 0.1) is 0 Å². The summed E-state index contributed by atoms with van der Waals surface area (Å²) in [5, 5.41) is 9.26. The molecule has 1 saturated heterocycles. The largest absolute Gasteiger partial charge is 0.454 e. The highest BCUT2D eigenvalue weighted by Crippen LogP contribution is 2.34. The van der Waals surface area contributed by atoms with Crippen LogP contribution in [0.25, 0.3) is 27.8 Å². The zero-order valence-corrected chi connectivity index (χ0v) is 16.6. The molecule has 1 N–H and O–H groups in total. The lowest BCUT2D eigenvalue weighted by Crippen LogP contribution is -2.37. The van der Waals surface area contributed by atoms with Crippen LogP contribution < -0.4 is 19.8 Å². The molecule has 2 aliphatic heterocycles. The van der Waals surface area contributed by atoms with Crippen molar-refractivity contribution in [3.05, 3.63) is 58.9 Å².